The van der Waals surface area contributed by atoms with E-state index in [4.69, 9.17) is 0 Å². The number of nitrogens with one attached hydrogen (secondary N) is 1. The molecule has 1 aliphatic heterocycles. The second-order valence-corrected chi connectivity index (χ2v) is 9.63. The third-order valence-electron chi connectivity index (χ3n) is 7.49. The molecular weight excluding hydrogens is 420 g/mol. The first-order valence-corrected chi connectivity index (χ1v) is 11.4. The van der Waals surface area contributed by atoms with E-state index in [1.165, 1.54) is 5.69 Å². The zero-order valence-electron chi connectivity index (χ0n) is 19.4. The van der Waals surface area contributed by atoms with Gasteiger partial charge in [0.2, 0.25) is 0 Å². The lowest BCUT2D eigenvalue weighted by Gasteiger charge is -2.22. The molecule has 174 valence electrons. The van der Waals surface area contributed by atoms with Gasteiger partial charge in [0.15, 0.2) is 5.56 Å². The van der Waals surface area contributed by atoms with Crippen molar-refractivity contribution >= 4 is 16.9 Å². The van der Waals surface area contributed by atoms with Crippen molar-refractivity contribution in [2.45, 2.75) is 25.9 Å². The van der Waals surface area contributed by atoms with Crippen molar-refractivity contribution in [1.29, 1.82) is 0 Å². The molecule has 8 nitrogen and oxygen atoms in total. The van der Waals surface area contributed by atoms with Gasteiger partial charge >= 0.3 is 5.97 Å². The first kappa shape index (κ1) is 21.7. The number of fused-ring (bicyclic) bond motifs is 2. The van der Waals surface area contributed by atoms with Crippen LogP contribution in [0.1, 0.15) is 28.5 Å². The molecule has 3 heterocycles. The number of aromatic amines is 1. The summed E-state index contributed by atoms with van der Waals surface area (Å²) >= 11 is 0. The van der Waals surface area contributed by atoms with E-state index in [2.05, 4.69) is 46.6 Å². The summed E-state index contributed by atoms with van der Waals surface area (Å²) in [4.78, 5) is 31.3. The van der Waals surface area contributed by atoms with Gasteiger partial charge in [-0.15, -0.1) is 0 Å². The van der Waals surface area contributed by atoms with E-state index >= 15 is 0 Å². The summed E-state index contributed by atoms with van der Waals surface area (Å²) < 4.78 is 2.21. The lowest BCUT2D eigenvalue weighted by Crippen LogP contribution is -2.30. The highest BCUT2D eigenvalue weighted by molar-refractivity contribution is 5.92. The monoisotopic (exact) mass is 450 g/mol. The van der Waals surface area contributed by atoms with Crippen molar-refractivity contribution in [1.82, 2.24) is 19.4 Å². The average molecular weight is 451 g/mol. The number of hydrogen-bond acceptors (Lipinski definition) is 5. The molecule has 3 N–H and O–H groups in total. The number of aromatic hydroxyl groups is 1. The van der Waals surface area contributed by atoms with Crippen LogP contribution in [0, 0.1) is 11.8 Å². The number of nitrogens with zero attached hydrogens (tertiary/aromatic N) is 3. The maximum absolute atomic E-state index is 12.3. The smallest absolute Gasteiger partial charge is 0.345 e. The van der Waals surface area contributed by atoms with E-state index in [1.807, 2.05) is 25.1 Å². The Morgan fingerprint density at radius 2 is 1.91 bits per heavy atom. The molecule has 1 aliphatic carbocycles. The van der Waals surface area contributed by atoms with Gasteiger partial charge in [0.1, 0.15) is 5.75 Å². The van der Waals surface area contributed by atoms with Crippen LogP contribution >= 0.6 is 0 Å². The highest BCUT2D eigenvalue weighted by atomic mass is 16.4. The standard InChI is InChI=1S/C25H30N4O4/c1-5-16-21(26-24(31)20(23(16)30)25(32)33)13-6-7-19-14(8-13)9-15(28(19)4)10-29-11-17-18(12-29)22(17)27(2)3/h6-9,17-18,22H,5,10-12H2,1-4H3,(H,32,33)(H2,26,30,31). The molecule has 33 heavy (non-hydrogen) atoms. The van der Waals surface area contributed by atoms with E-state index < -0.39 is 22.8 Å². The normalized spacial score (nSPS) is 22.3. The molecule has 5 rings (SSSR count). The largest absolute Gasteiger partial charge is 0.506 e. The number of carbonyl (C=O) groups is 1. The number of rotatable bonds is 6. The number of piperidine rings is 1. The molecule has 2 aromatic heterocycles. The summed E-state index contributed by atoms with van der Waals surface area (Å²) in [5.74, 6) is -0.324. The first-order chi connectivity index (χ1) is 15.7. The summed E-state index contributed by atoms with van der Waals surface area (Å²) in [7, 11) is 6.41. The van der Waals surface area contributed by atoms with Crippen LogP contribution in [0.2, 0.25) is 0 Å². The predicted molar refractivity (Wildman–Crippen MR) is 127 cm³/mol. The summed E-state index contributed by atoms with van der Waals surface area (Å²) in [6.07, 6.45) is 0.390. The van der Waals surface area contributed by atoms with Gasteiger partial charge in [-0.3, -0.25) is 9.69 Å². The molecule has 1 saturated heterocycles. The van der Waals surface area contributed by atoms with Crippen molar-refractivity contribution in [3.63, 3.8) is 0 Å². The third-order valence-corrected chi connectivity index (χ3v) is 7.49. The molecule has 2 atom stereocenters. The Hall–Kier alpha value is -3.10. The zero-order chi connectivity index (χ0) is 23.6. The number of pyridine rings is 1. The Kier molecular flexibility index (Phi) is 5.10. The van der Waals surface area contributed by atoms with Crippen molar-refractivity contribution in [3.8, 4) is 17.0 Å². The van der Waals surface area contributed by atoms with Crippen LogP contribution in [0.25, 0.3) is 22.2 Å². The minimum absolute atomic E-state index is 0.390. The van der Waals surface area contributed by atoms with Crippen molar-refractivity contribution in [2.75, 3.05) is 27.2 Å². The van der Waals surface area contributed by atoms with Crippen molar-refractivity contribution in [3.05, 3.63) is 51.4 Å². The molecule has 0 bridgehead atoms. The highest BCUT2D eigenvalue weighted by Gasteiger charge is 2.56. The zero-order valence-corrected chi connectivity index (χ0v) is 19.4. The van der Waals surface area contributed by atoms with Gasteiger partial charge in [0, 0.05) is 54.9 Å². The van der Waals surface area contributed by atoms with Crippen LogP contribution in [-0.4, -0.2) is 68.8 Å². The number of carboxylic acid groups (broad SMARTS) is 1. The maximum Gasteiger partial charge on any atom is 0.345 e. The van der Waals surface area contributed by atoms with Crippen LogP contribution in [0.5, 0.6) is 5.75 Å². The number of hydrogen-bond donors (Lipinski definition) is 3. The number of H-pyrrole nitrogens is 1. The summed E-state index contributed by atoms with van der Waals surface area (Å²) in [5, 5.41) is 20.8. The molecule has 2 fully saturated rings. The van der Waals surface area contributed by atoms with E-state index in [0.29, 0.717) is 17.7 Å². The van der Waals surface area contributed by atoms with E-state index in [0.717, 1.165) is 54.0 Å². The van der Waals surface area contributed by atoms with Gasteiger partial charge in [-0.05, 0) is 56.1 Å². The number of aromatic carboxylic acids is 1. The number of aryl methyl sites for hydroxylation is 1. The Balaban J connectivity index is 1.46. The number of carboxylic acids is 1. The molecule has 1 aromatic carbocycles. The van der Waals surface area contributed by atoms with Gasteiger partial charge in [0.05, 0.1) is 5.69 Å². The molecule has 1 saturated carbocycles. The fourth-order valence-electron chi connectivity index (χ4n) is 5.84. The third kappa shape index (κ3) is 3.45. The molecular formula is C25H30N4O4. The van der Waals surface area contributed by atoms with Gasteiger partial charge in [-0.2, -0.15) is 0 Å². The Bertz CT molecular complexity index is 1310. The summed E-state index contributed by atoms with van der Waals surface area (Å²) in [6.45, 7) is 5.00. The summed E-state index contributed by atoms with van der Waals surface area (Å²) in [6, 6.07) is 8.82. The van der Waals surface area contributed by atoms with Crippen molar-refractivity contribution in [2.24, 2.45) is 18.9 Å². The molecule has 0 spiro atoms. The van der Waals surface area contributed by atoms with Gasteiger partial charge in [0.25, 0.3) is 5.56 Å². The van der Waals surface area contributed by atoms with Crippen molar-refractivity contribution < 1.29 is 15.0 Å². The Labute approximate surface area is 192 Å². The van der Waals surface area contributed by atoms with E-state index in [1.54, 1.807) is 0 Å². The van der Waals surface area contributed by atoms with Gasteiger partial charge in [-0.25, -0.2) is 4.79 Å². The topological polar surface area (TPSA) is 102 Å². The van der Waals surface area contributed by atoms with Crippen LogP contribution in [0.15, 0.2) is 29.1 Å². The second-order valence-electron chi connectivity index (χ2n) is 9.63. The second kappa shape index (κ2) is 7.74. The highest BCUT2D eigenvalue weighted by Crippen LogP contribution is 2.48. The number of benzene rings is 1. The van der Waals surface area contributed by atoms with Crippen LogP contribution in [0.3, 0.4) is 0 Å². The summed E-state index contributed by atoms with van der Waals surface area (Å²) in [5.41, 5.74) is 2.55. The minimum Gasteiger partial charge on any atom is -0.506 e. The predicted octanol–water partition coefficient (Wildman–Crippen LogP) is 2.49. The fourth-order valence-corrected chi connectivity index (χ4v) is 5.84. The number of likely N-dealkylation sites (tertiary alicyclic amines) is 1. The first-order valence-electron chi connectivity index (χ1n) is 11.4. The Morgan fingerprint density at radius 1 is 1.21 bits per heavy atom. The molecule has 8 heteroatoms. The van der Waals surface area contributed by atoms with E-state index in [9.17, 15) is 19.8 Å². The van der Waals surface area contributed by atoms with Crippen LogP contribution in [-0.2, 0) is 20.0 Å². The number of aromatic nitrogens is 2. The van der Waals surface area contributed by atoms with Crippen LogP contribution in [0.4, 0.5) is 0 Å². The molecule has 0 radical (unpaired) electrons. The lowest BCUT2D eigenvalue weighted by molar-refractivity contribution is 0.0691. The molecule has 2 unspecified atom stereocenters. The maximum atomic E-state index is 12.3. The average Bonchev–Trinajstić information content (AvgIpc) is 3.11. The molecule has 0 amide bonds. The fraction of sp³-hybridized carbons (Fsp3) is 0.440. The van der Waals surface area contributed by atoms with Crippen LogP contribution < -0.4 is 5.56 Å². The van der Waals surface area contributed by atoms with Gasteiger partial charge in [-0.1, -0.05) is 13.0 Å². The molecule has 3 aromatic rings. The molecule has 2 aliphatic rings. The minimum atomic E-state index is -1.44. The SMILES string of the molecule is CCc1c(-c2ccc3c(c2)cc(CN2CC4C(C2)C4N(C)C)n3C)[nH]c(=O)c(C(=O)O)c1O. The quantitative estimate of drug-likeness (QED) is 0.533. The lowest BCUT2D eigenvalue weighted by atomic mass is 9.99. The van der Waals surface area contributed by atoms with Gasteiger partial charge < -0.3 is 24.7 Å². The van der Waals surface area contributed by atoms with E-state index in [-0.39, 0.29) is 0 Å². The Morgan fingerprint density at radius 3 is 2.52 bits per heavy atom.